The smallest absolute Gasteiger partial charge is 0.228 e. The summed E-state index contributed by atoms with van der Waals surface area (Å²) < 4.78 is 5.28. The second-order valence-electron chi connectivity index (χ2n) is 6.34. The van der Waals surface area contributed by atoms with Crippen LogP contribution < -0.4 is 15.0 Å². The van der Waals surface area contributed by atoms with Crippen LogP contribution in [0.4, 0.5) is 11.4 Å². The molecule has 1 fully saturated rings. The Kier molecular flexibility index (Phi) is 5.47. The molecule has 0 atom stereocenters. The summed E-state index contributed by atoms with van der Waals surface area (Å²) in [6, 6.07) is 11.0. The van der Waals surface area contributed by atoms with Crippen LogP contribution in [0.3, 0.4) is 0 Å². The van der Waals surface area contributed by atoms with Gasteiger partial charge in [0.05, 0.1) is 19.2 Å². The number of nitrogens with zero attached hydrogens (tertiary/aromatic N) is 1. The van der Waals surface area contributed by atoms with Crippen LogP contribution in [0.1, 0.15) is 24.0 Å². The number of aryl methyl sites for hydroxylation is 1. The van der Waals surface area contributed by atoms with Crippen molar-refractivity contribution in [2.45, 2.75) is 26.2 Å². The zero-order chi connectivity index (χ0) is 18.7. The van der Waals surface area contributed by atoms with Crippen molar-refractivity contribution in [2.24, 2.45) is 0 Å². The van der Waals surface area contributed by atoms with Crippen molar-refractivity contribution in [1.29, 1.82) is 0 Å². The van der Waals surface area contributed by atoms with Gasteiger partial charge < -0.3 is 15.0 Å². The van der Waals surface area contributed by atoms with Gasteiger partial charge in [-0.3, -0.25) is 9.59 Å². The number of methoxy groups -OCH3 is 1. The van der Waals surface area contributed by atoms with Gasteiger partial charge in [-0.25, -0.2) is 0 Å². The van der Waals surface area contributed by atoms with Crippen molar-refractivity contribution in [3.8, 4) is 5.75 Å². The third-order valence-corrected chi connectivity index (χ3v) is 4.85. The number of anilines is 2. The summed E-state index contributed by atoms with van der Waals surface area (Å²) >= 11 is 6.09. The minimum atomic E-state index is -0.143. The van der Waals surface area contributed by atoms with Gasteiger partial charge in [-0.1, -0.05) is 23.7 Å². The minimum absolute atomic E-state index is 0.143. The van der Waals surface area contributed by atoms with E-state index in [1.165, 1.54) is 7.11 Å². The van der Waals surface area contributed by atoms with Crippen LogP contribution in [0.25, 0.3) is 0 Å². The molecule has 6 heteroatoms. The van der Waals surface area contributed by atoms with Gasteiger partial charge in [0.25, 0.3) is 0 Å². The van der Waals surface area contributed by atoms with Crippen LogP contribution in [0.5, 0.6) is 5.75 Å². The Bertz CT molecular complexity index is 834. The number of benzene rings is 2. The molecule has 1 aliphatic rings. The number of carbonyl (C=O) groups is 2. The SMILES string of the molecule is COc1cc(Cl)c(C)cc1NC(=O)Cc1ccc(N2CCCC2=O)cc1. The minimum Gasteiger partial charge on any atom is -0.495 e. The summed E-state index contributed by atoms with van der Waals surface area (Å²) in [4.78, 5) is 26.0. The molecular weight excluding hydrogens is 352 g/mol. The summed E-state index contributed by atoms with van der Waals surface area (Å²) in [6.45, 7) is 2.63. The Balaban J connectivity index is 1.67. The van der Waals surface area contributed by atoms with Crippen LogP contribution in [0.15, 0.2) is 36.4 Å². The van der Waals surface area contributed by atoms with Gasteiger partial charge in [0.1, 0.15) is 5.75 Å². The van der Waals surface area contributed by atoms with Crippen molar-refractivity contribution in [3.63, 3.8) is 0 Å². The van der Waals surface area contributed by atoms with Gasteiger partial charge in [0.2, 0.25) is 11.8 Å². The molecular formula is C20H21ClN2O3. The van der Waals surface area contributed by atoms with Crippen molar-refractivity contribution < 1.29 is 14.3 Å². The monoisotopic (exact) mass is 372 g/mol. The molecule has 0 aromatic heterocycles. The third kappa shape index (κ3) is 3.99. The Morgan fingerprint density at radius 2 is 2.00 bits per heavy atom. The molecule has 136 valence electrons. The molecule has 5 nitrogen and oxygen atoms in total. The first-order valence-electron chi connectivity index (χ1n) is 8.51. The van der Waals surface area contributed by atoms with Gasteiger partial charge in [-0.2, -0.15) is 0 Å². The Morgan fingerprint density at radius 3 is 2.62 bits per heavy atom. The van der Waals surface area contributed by atoms with E-state index in [9.17, 15) is 9.59 Å². The summed E-state index contributed by atoms with van der Waals surface area (Å²) in [6.07, 6.45) is 1.73. The predicted molar refractivity (Wildman–Crippen MR) is 103 cm³/mol. The Hall–Kier alpha value is -2.53. The summed E-state index contributed by atoms with van der Waals surface area (Å²) in [5, 5.41) is 3.46. The highest BCUT2D eigenvalue weighted by Gasteiger charge is 2.21. The second-order valence-corrected chi connectivity index (χ2v) is 6.75. The van der Waals surface area contributed by atoms with Gasteiger partial charge in [0.15, 0.2) is 0 Å². The Labute approximate surface area is 157 Å². The number of nitrogens with one attached hydrogen (secondary N) is 1. The molecule has 0 radical (unpaired) electrons. The Morgan fingerprint density at radius 1 is 1.27 bits per heavy atom. The van der Waals surface area contributed by atoms with E-state index in [0.29, 0.717) is 22.9 Å². The van der Waals surface area contributed by atoms with E-state index >= 15 is 0 Å². The first-order chi connectivity index (χ1) is 12.5. The fraction of sp³-hybridized carbons (Fsp3) is 0.300. The molecule has 1 heterocycles. The molecule has 2 amide bonds. The van der Waals surface area contributed by atoms with E-state index in [0.717, 1.165) is 29.8 Å². The van der Waals surface area contributed by atoms with E-state index in [-0.39, 0.29) is 18.2 Å². The molecule has 0 bridgehead atoms. The lowest BCUT2D eigenvalue weighted by molar-refractivity contribution is -0.117. The van der Waals surface area contributed by atoms with Crippen molar-refractivity contribution in [1.82, 2.24) is 0 Å². The molecule has 26 heavy (non-hydrogen) atoms. The number of rotatable bonds is 5. The van der Waals surface area contributed by atoms with Gasteiger partial charge in [-0.15, -0.1) is 0 Å². The predicted octanol–water partition coefficient (Wildman–Crippen LogP) is 3.97. The van der Waals surface area contributed by atoms with E-state index in [2.05, 4.69) is 5.32 Å². The molecule has 2 aromatic carbocycles. The molecule has 0 unspecified atom stereocenters. The first kappa shape index (κ1) is 18.3. The topological polar surface area (TPSA) is 58.6 Å². The molecule has 0 spiro atoms. The first-order valence-corrected chi connectivity index (χ1v) is 8.89. The molecule has 2 aromatic rings. The molecule has 1 aliphatic heterocycles. The highest BCUT2D eigenvalue weighted by atomic mass is 35.5. The molecule has 0 saturated carbocycles. The lowest BCUT2D eigenvalue weighted by Gasteiger charge is -2.16. The fourth-order valence-corrected chi connectivity index (χ4v) is 3.18. The summed E-state index contributed by atoms with van der Waals surface area (Å²) in [5.41, 5.74) is 3.22. The van der Waals surface area contributed by atoms with Crippen LogP contribution >= 0.6 is 11.6 Å². The maximum absolute atomic E-state index is 12.4. The molecule has 3 rings (SSSR count). The number of hydrogen-bond donors (Lipinski definition) is 1. The van der Waals surface area contributed by atoms with Crippen LogP contribution in [0, 0.1) is 6.92 Å². The number of ether oxygens (including phenoxy) is 1. The number of halogens is 1. The van der Waals surface area contributed by atoms with E-state index in [1.54, 1.807) is 17.0 Å². The zero-order valence-electron chi connectivity index (χ0n) is 14.8. The maximum Gasteiger partial charge on any atom is 0.228 e. The average molecular weight is 373 g/mol. The van der Waals surface area contributed by atoms with Gasteiger partial charge in [-0.05, 0) is 42.7 Å². The van der Waals surface area contributed by atoms with Crippen LogP contribution in [-0.2, 0) is 16.0 Å². The standard InChI is InChI=1S/C20H21ClN2O3/c1-13-10-17(18(26-2)12-16(13)21)22-19(24)11-14-5-7-15(8-6-14)23-9-3-4-20(23)25/h5-8,10,12H,3-4,9,11H2,1-2H3,(H,22,24). The largest absolute Gasteiger partial charge is 0.495 e. The summed E-state index contributed by atoms with van der Waals surface area (Å²) in [7, 11) is 1.54. The quantitative estimate of drug-likeness (QED) is 0.864. The molecule has 1 saturated heterocycles. The average Bonchev–Trinajstić information content (AvgIpc) is 3.04. The number of carbonyl (C=O) groups excluding carboxylic acids is 2. The van der Waals surface area contributed by atoms with Crippen molar-refractivity contribution in [3.05, 3.63) is 52.5 Å². The maximum atomic E-state index is 12.4. The van der Waals surface area contributed by atoms with E-state index < -0.39 is 0 Å². The second kappa shape index (κ2) is 7.79. The number of amides is 2. The van der Waals surface area contributed by atoms with Gasteiger partial charge >= 0.3 is 0 Å². The third-order valence-electron chi connectivity index (χ3n) is 4.44. The van der Waals surface area contributed by atoms with Crippen molar-refractivity contribution >= 4 is 34.8 Å². The van der Waals surface area contributed by atoms with E-state index in [1.807, 2.05) is 31.2 Å². The van der Waals surface area contributed by atoms with E-state index in [4.69, 9.17) is 16.3 Å². The molecule has 1 N–H and O–H groups in total. The molecule has 0 aliphatic carbocycles. The lowest BCUT2D eigenvalue weighted by Crippen LogP contribution is -2.23. The zero-order valence-corrected chi connectivity index (χ0v) is 15.6. The lowest BCUT2D eigenvalue weighted by atomic mass is 10.1. The van der Waals surface area contributed by atoms with Crippen LogP contribution in [0.2, 0.25) is 5.02 Å². The highest BCUT2D eigenvalue weighted by molar-refractivity contribution is 6.31. The summed E-state index contributed by atoms with van der Waals surface area (Å²) in [5.74, 6) is 0.535. The van der Waals surface area contributed by atoms with Gasteiger partial charge in [0, 0.05) is 29.7 Å². The van der Waals surface area contributed by atoms with Crippen LogP contribution in [-0.4, -0.2) is 25.5 Å². The highest BCUT2D eigenvalue weighted by Crippen LogP contribution is 2.31. The van der Waals surface area contributed by atoms with Crippen molar-refractivity contribution in [2.75, 3.05) is 23.9 Å². The fourth-order valence-electron chi connectivity index (χ4n) is 3.02. The normalized spacial score (nSPS) is 13.8. The number of hydrogen-bond acceptors (Lipinski definition) is 3.